The zero-order chi connectivity index (χ0) is 32.6. The van der Waals surface area contributed by atoms with Crippen molar-refractivity contribution in [2.24, 2.45) is 9.98 Å². The zero-order valence-electron chi connectivity index (χ0n) is 28.8. The Morgan fingerprint density at radius 1 is 0.591 bits per heavy atom. The molecule has 5 nitrogen and oxygen atoms in total. The molecule has 1 aromatic heterocycles. The molecule has 2 aromatic carbocycles. The molecule has 0 aliphatic carbocycles. The van der Waals surface area contributed by atoms with Crippen molar-refractivity contribution in [2.45, 2.75) is 119 Å². The van der Waals surface area contributed by atoms with Crippen molar-refractivity contribution in [2.75, 3.05) is 13.2 Å². The fraction of sp³-hybridized carbons (Fsp3) is 0.513. The molecule has 44 heavy (non-hydrogen) atoms. The molecule has 0 fully saturated rings. The first-order valence-corrected chi connectivity index (χ1v) is 16.5. The minimum atomic E-state index is 0.200. The highest BCUT2D eigenvalue weighted by Crippen LogP contribution is 2.38. The van der Waals surface area contributed by atoms with Crippen molar-refractivity contribution in [3.05, 3.63) is 87.2 Å². The molecule has 0 radical (unpaired) electrons. The lowest BCUT2D eigenvalue weighted by molar-refractivity contribution is 0.288. The Morgan fingerprint density at radius 3 is 1.18 bits per heavy atom. The third-order valence-corrected chi connectivity index (χ3v) is 8.24. The summed E-state index contributed by atoms with van der Waals surface area (Å²) < 4.78 is 0. The van der Waals surface area contributed by atoms with Crippen molar-refractivity contribution in [3.63, 3.8) is 0 Å². The third-order valence-electron chi connectivity index (χ3n) is 8.24. The second-order valence-electron chi connectivity index (χ2n) is 13.3. The summed E-state index contributed by atoms with van der Waals surface area (Å²) in [6, 6.07) is 15.2. The molecule has 0 saturated carbocycles. The molecule has 0 bridgehead atoms. The van der Waals surface area contributed by atoms with Crippen molar-refractivity contribution in [3.8, 4) is 0 Å². The number of pyridine rings is 1. The lowest BCUT2D eigenvalue weighted by Crippen LogP contribution is -2.07. The summed E-state index contributed by atoms with van der Waals surface area (Å²) in [5, 5.41) is 18.8. The van der Waals surface area contributed by atoms with E-state index in [9.17, 15) is 10.2 Å². The number of aryl methyl sites for hydroxylation is 2. The number of aliphatic hydroxyl groups excluding tert-OH is 2. The smallest absolute Gasteiger partial charge is 0.0849 e. The molecule has 0 aliphatic heterocycles. The zero-order valence-corrected chi connectivity index (χ0v) is 28.8. The van der Waals surface area contributed by atoms with Crippen LogP contribution in [0, 0.1) is 0 Å². The van der Waals surface area contributed by atoms with E-state index in [0.717, 1.165) is 59.9 Å². The minimum Gasteiger partial charge on any atom is -0.396 e. The number of hydrogen-bond acceptors (Lipinski definition) is 5. The van der Waals surface area contributed by atoms with Crippen LogP contribution >= 0.6 is 0 Å². The van der Waals surface area contributed by atoms with Crippen molar-refractivity contribution in [1.29, 1.82) is 0 Å². The fourth-order valence-corrected chi connectivity index (χ4v) is 5.65. The van der Waals surface area contributed by atoms with Crippen LogP contribution in [0.25, 0.3) is 0 Å². The maximum absolute atomic E-state index is 9.40. The molecule has 0 saturated heterocycles. The van der Waals surface area contributed by atoms with Gasteiger partial charge in [0.15, 0.2) is 0 Å². The topological polar surface area (TPSA) is 78.1 Å². The average molecular weight is 598 g/mol. The van der Waals surface area contributed by atoms with E-state index in [1.54, 1.807) is 0 Å². The van der Waals surface area contributed by atoms with Crippen LogP contribution in [-0.2, 0) is 12.8 Å². The minimum absolute atomic E-state index is 0.200. The van der Waals surface area contributed by atoms with E-state index >= 15 is 0 Å². The van der Waals surface area contributed by atoms with Crippen LogP contribution < -0.4 is 0 Å². The Labute approximate surface area is 266 Å². The molecule has 238 valence electrons. The average Bonchev–Trinajstić information content (AvgIpc) is 2.98. The SMILES string of the molecule is C/C(=N\c1c(C(C)C)cc(CCCO)cc1C(C)C)c1cccc(/C(C)=N/c2c(C(C)C)cc(CCCO)cc2C(C)C)n1. The number of nitrogens with zero attached hydrogens (tertiary/aromatic N) is 3. The molecule has 3 aromatic rings. The van der Waals surface area contributed by atoms with E-state index in [2.05, 4.69) is 79.7 Å². The molecule has 5 heteroatoms. The van der Waals surface area contributed by atoms with E-state index in [1.807, 2.05) is 32.0 Å². The second kappa shape index (κ2) is 16.2. The number of hydrogen-bond donors (Lipinski definition) is 2. The van der Waals surface area contributed by atoms with Gasteiger partial charge in [0.1, 0.15) is 0 Å². The van der Waals surface area contributed by atoms with Gasteiger partial charge in [-0.05, 0) is 109 Å². The van der Waals surface area contributed by atoms with Gasteiger partial charge in [0.05, 0.1) is 34.2 Å². The number of aromatic nitrogens is 1. The van der Waals surface area contributed by atoms with Crippen LogP contribution in [0.3, 0.4) is 0 Å². The standard InChI is InChI=1S/C39H55N3O2/c1-24(2)32-20-30(14-12-18-43)21-33(25(3)4)38(32)40-28(9)36-16-11-17-37(42-36)29(10)41-39-34(26(5)6)22-31(15-13-19-44)23-35(39)27(7)8/h11,16-17,20-27,43-44H,12-15,18-19H2,1-10H3/b40-28+,41-29+. The molecule has 1 heterocycles. The lowest BCUT2D eigenvalue weighted by Gasteiger charge is -2.20. The predicted octanol–water partition coefficient (Wildman–Crippen LogP) is 9.71. The normalized spacial score (nSPS) is 12.8. The molecular formula is C39H55N3O2. The summed E-state index contributed by atoms with van der Waals surface area (Å²) >= 11 is 0. The van der Waals surface area contributed by atoms with E-state index in [0.29, 0.717) is 23.7 Å². The van der Waals surface area contributed by atoms with E-state index in [-0.39, 0.29) is 13.2 Å². The Hall–Kier alpha value is -3.15. The molecule has 0 aliphatic rings. The number of benzene rings is 2. The summed E-state index contributed by atoms with van der Waals surface area (Å²) in [6.07, 6.45) is 3.26. The summed E-state index contributed by atoms with van der Waals surface area (Å²) in [5.74, 6) is 1.29. The van der Waals surface area contributed by atoms with Gasteiger partial charge in [0.25, 0.3) is 0 Å². The summed E-state index contributed by atoms with van der Waals surface area (Å²) in [6.45, 7) is 22.3. The molecule has 2 N–H and O–H groups in total. The van der Waals surface area contributed by atoms with Gasteiger partial charge < -0.3 is 10.2 Å². The van der Waals surface area contributed by atoms with Crippen LogP contribution in [0.2, 0.25) is 0 Å². The van der Waals surface area contributed by atoms with Gasteiger partial charge in [-0.2, -0.15) is 0 Å². The van der Waals surface area contributed by atoms with Gasteiger partial charge in [0, 0.05) is 13.2 Å². The molecule has 3 rings (SSSR count). The first-order chi connectivity index (χ1) is 20.9. The van der Waals surface area contributed by atoms with Gasteiger partial charge in [-0.15, -0.1) is 0 Å². The van der Waals surface area contributed by atoms with Crippen molar-refractivity contribution >= 4 is 22.8 Å². The fourth-order valence-electron chi connectivity index (χ4n) is 5.65. The van der Waals surface area contributed by atoms with E-state index in [4.69, 9.17) is 15.0 Å². The van der Waals surface area contributed by atoms with E-state index in [1.165, 1.54) is 33.4 Å². The first-order valence-electron chi connectivity index (χ1n) is 16.5. The monoisotopic (exact) mass is 597 g/mol. The molecule has 0 atom stereocenters. The Bertz CT molecular complexity index is 1300. The number of aliphatic imine (C=N–C) groups is 2. The lowest BCUT2D eigenvalue weighted by atomic mass is 9.89. The summed E-state index contributed by atoms with van der Waals surface area (Å²) in [5.41, 5.74) is 13.0. The number of rotatable bonds is 14. The Kier molecular flexibility index (Phi) is 13.0. The quantitative estimate of drug-likeness (QED) is 0.182. The van der Waals surface area contributed by atoms with Gasteiger partial charge in [0.2, 0.25) is 0 Å². The molecule has 0 amide bonds. The van der Waals surface area contributed by atoms with E-state index < -0.39 is 0 Å². The first kappa shape index (κ1) is 35.3. The van der Waals surface area contributed by atoms with Gasteiger partial charge >= 0.3 is 0 Å². The highest BCUT2D eigenvalue weighted by Gasteiger charge is 2.18. The summed E-state index contributed by atoms with van der Waals surface area (Å²) in [4.78, 5) is 15.5. The van der Waals surface area contributed by atoms with Crippen LogP contribution in [-0.4, -0.2) is 39.8 Å². The second-order valence-corrected chi connectivity index (χ2v) is 13.3. The molecule has 0 spiro atoms. The molecular weight excluding hydrogens is 542 g/mol. The highest BCUT2D eigenvalue weighted by molar-refractivity contribution is 6.02. The highest BCUT2D eigenvalue weighted by atomic mass is 16.3. The van der Waals surface area contributed by atoms with Crippen molar-refractivity contribution < 1.29 is 10.2 Å². The maximum atomic E-state index is 9.40. The molecule has 0 unspecified atom stereocenters. The van der Waals surface area contributed by atoms with Gasteiger partial charge in [-0.25, -0.2) is 4.98 Å². The third kappa shape index (κ3) is 8.95. The number of aliphatic hydroxyl groups is 2. The Balaban J connectivity index is 2.10. The van der Waals surface area contributed by atoms with Crippen LogP contribution in [0.5, 0.6) is 0 Å². The van der Waals surface area contributed by atoms with Crippen LogP contribution in [0.1, 0.15) is 151 Å². The van der Waals surface area contributed by atoms with Crippen LogP contribution in [0.4, 0.5) is 11.4 Å². The largest absolute Gasteiger partial charge is 0.396 e. The predicted molar refractivity (Wildman–Crippen MR) is 188 cm³/mol. The van der Waals surface area contributed by atoms with Crippen LogP contribution in [0.15, 0.2) is 52.4 Å². The van der Waals surface area contributed by atoms with Gasteiger partial charge in [-0.3, -0.25) is 9.98 Å². The van der Waals surface area contributed by atoms with Gasteiger partial charge in [-0.1, -0.05) is 85.7 Å². The Morgan fingerprint density at radius 2 is 0.909 bits per heavy atom. The summed E-state index contributed by atoms with van der Waals surface area (Å²) in [7, 11) is 0. The maximum Gasteiger partial charge on any atom is 0.0849 e. The van der Waals surface area contributed by atoms with Crippen molar-refractivity contribution in [1.82, 2.24) is 4.98 Å².